The summed E-state index contributed by atoms with van der Waals surface area (Å²) in [5.41, 5.74) is 0. The Labute approximate surface area is 120 Å². The molecule has 1 rings (SSSR count). The molecule has 0 aromatic heterocycles. The number of urea groups is 1. The summed E-state index contributed by atoms with van der Waals surface area (Å²) in [6.07, 6.45) is 3.14. The van der Waals surface area contributed by atoms with Gasteiger partial charge in [-0.05, 0) is 32.1 Å². The van der Waals surface area contributed by atoms with Crippen molar-refractivity contribution in [2.45, 2.75) is 45.6 Å². The molecule has 6 heteroatoms. The van der Waals surface area contributed by atoms with Gasteiger partial charge in [0.25, 0.3) is 0 Å². The Bertz CT molecular complexity index is 322. The topological polar surface area (TPSA) is 78.9 Å². The van der Waals surface area contributed by atoms with Gasteiger partial charge in [-0.1, -0.05) is 13.3 Å². The summed E-state index contributed by atoms with van der Waals surface area (Å²) in [6.45, 7) is 6.29. The van der Waals surface area contributed by atoms with Crippen LogP contribution in [0.4, 0.5) is 4.79 Å². The largest absolute Gasteiger partial charge is 0.480 e. The Kier molecular flexibility index (Phi) is 7.36. The molecule has 0 spiro atoms. The highest BCUT2D eigenvalue weighted by molar-refractivity contribution is 5.82. The van der Waals surface area contributed by atoms with Crippen LogP contribution in [0.1, 0.15) is 39.5 Å². The highest BCUT2D eigenvalue weighted by Crippen LogP contribution is 2.25. The van der Waals surface area contributed by atoms with Crippen molar-refractivity contribution in [2.24, 2.45) is 5.92 Å². The fourth-order valence-corrected chi connectivity index (χ4v) is 2.50. The molecular formula is C14H26N2O4. The zero-order valence-corrected chi connectivity index (χ0v) is 12.4. The minimum Gasteiger partial charge on any atom is -0.480 e. The highest BCUT2D eigenvalue weighted by Gasteiger charge is 2.35. The molecule has 0 aromatic carbocycles. The van der Waals surface area contributed by atoms with E-state index in [2.05, 4.69) is 12.2 Å². The molecule has 1 saturated heterocycles. The van der Waals surface area contributed by atoms with Crippen LogP contribution < -0.4 is 5.32 Å². The molecule has 1 aliphatic heterocycles. The van der Waals surface area contributed by atoms with Gasteiger partial charge in [0, 0.05) is 26.3 Å². The van der Waals surface area contributed by atoms with Crippen LogP contribution in [0.2, 0.25) is 0 Å². The molecule has 2 amide bonds. The molecule has 0 radical (unpaired) electrons. The van der Waals surface area contributed by atoms with Crippen molar-refractivity contribution in [2.75, 3.05) is 26.3 Å². The first-order valence-corrected chi connectivity index (χ1v) is 7.45. The van der Waals surface area contributed by atoms with Crippen LogP contribution in [0.5, 0.6) is 0 Å². The summed E-state index contributed by atoms with van der Waals surface area (Å²) >= 11 is 0. The van der Waals surface area contributed by atoms with E-state index in [1.165, 1.54) is 4.90 Å². The van der Waals surface area contributed by atoms with Crippen molar-refractivity contribution in [3.8, 4) is 0 Å². The average Bonchev–Trinajstić information content (AvgIpc) is 2.46. The number of nitrogens with zero attached hydrogens (tertiary/aromatic N) is 1. The molecule has 1 fully saturated rings. The van der Waals surface area contributed by atoms with Gasteiger partial charge in [-0.3, -0.25) is 0 Å². The quantitative estimate of drug-likeness (QED) is 0.698. The maximum absolute atomic E-state index is 12.1. The maximum atomic E-state index is 12.1. The van der Waals surface area contributed by atoms with E-state index in [-0.39, 0.29) is 6.03 Å². The van der Waals surface area contributed by atoms with Crippen molar-refractivity contribution in [1.82, 2.24) is 10.2 Å². The van der Waals surface area contributed by atoms with E-state index in [0.717, 1.165) is 19.3 Å². The lowest BCUT2D eigenvalue weighted by Crippen LogP contribution is -2.53. The predicted molar refractivity (Wildman–Crippen MR) is 75.7 cm³/mol. The molecule has 0 aromatic rings. The monoisotopic (exact) mass is 286 g/mol. The van der Waals surface area contributed by atoms with Crippen LogP contribution >= 0.6 is 0 Å². The normalized spacial score (nSPS) is 22.6. The zero-order valence-electron chi connectivity index (χ0n) is 12.4. The summed E-state index contributed by atoms with van der Waals surface area (Å²) in [7, 11) is 0. The first kappa shape index (κ1) is 16.8. The first-order valence-electron chi connectivity index (χ1n) is 7.45. The van der Waals surface area contributed by atoms with Crippen LogP contribution in [0.25, 0.3) is 0 Å². The smallest absolute Gasteiger partial charge is 0.326 e. The van der Waals surface area contributed by atoms with Crippen molar-refractivity contribution >= 4 is 12.0 Å². The summed E-state index contributed by atoms with van der Waals surface area (Å²) in [4.78, 5) is 24.8. The number of rotatable bonds is 7. The molecular weight excluding hydrogens is 260 g/mol. The van der Waals surface area contributed by atoms with E-state index >= 15 is 0 Å². The number of likely N-dealkylation sites (tertiary alicyclic amines) is 1. The molecule has 20 heavy (non-hydrogen) atoms. The third-order valence-corrected chi connectivity index (χ3v) is 3.78. The predicted octanol–water partition coefficient (Wildman–Crippen LogP) is 1.70. The Morgan fingerprint density at radius 2 is 2.15 bits per heavy atom. The third-order valence-electron chi connectivity index (χ3n) is 3.78. The van der Waals surface area contributed by atoms with Crippen molar-refractivity contribution in [1.29, 1.82) is 0 Å². The second-order valence-corrected chi connectivity index (χ2v) is 5.13. The molecule has 6 nitrogen and oxygen atoms in total. The molecule has 0 aliphatic carbocycles. The summed E-state index contributed by atoms with van der Waals surface area (Å²) in [6, 6.07) is -0.968. The molecule has 2 N–H and O–H groups in total. The van der Waals surface area contributed by atoms with Gasteiger partial charge in [0.1, 0.15) is 6.04 Å². The lowest BCUT2D eigenvalue weighted by atomic mass is 9.89. The van der Waals surface area contributed by atoms with E-state index in [9.17, 15) is 14.7 Å². The fourth-order valence-electron chi connectivity index (χ4n) is 2.50. The van der Waals surface area contributed by atoms with E-state index in [1.807, 2.05) is 6.92 Å². The lowest BCUT2D eigenvalue weighted by molar-refractivity contribution is -0.144. The van der Waals surface area contributed by atoms with E-state index < -0.39 is 12.0 Å². The first-order chi connectivity index (χ1) is 9.60. The summed E-state index contributed by atoms with van der Waals surface area (Å²) in [5, 5.41) is 12.0. The number of amides is 2. The molecule has 116 valence electrons. The number of carbonyl (C=O) groups is 2. The number of piperidine rings is 1. The van der Waals surface area contributed by atoms with Gasteiger partial charge >= 0.3 is 12.0 Å². The van der Waals surface area contributed by atoms with Crippen LogP contribution in [0, 0.1) is 5.92 Å². The SMILES string of the molecule is CCOCCCNC(=O)N1CCC(CC)CC1C(=O)O. The van der Waals surface area contributed by atoms with E-state index in [1.54, 1.807) is 0 Å². The number of aliphatic carboxylic acids is 1. The zero-order chi connectivity index (χ0) is 15.0. The van der Waals surface area contributed by atoms with Gasteiger partial charge in [-0.15, -0.1) is 0 Å². The van der Waals surface area contributed by atoms with E-state index in [4.69, 9.17) is 4.74 Å². The lowest BCUT2D eigenvalue weighted by Gasteiger charge is -2.36. The van der Waals surface area contributed by atoms with Crippen molar-refractivity contribution in [3.05, 3.63) is 0 Å². The Hall–Kier alpha value is -1.30. The van der Waals surface area contributed by atoms with Gasteiger partial charge in [-0.2, -0.15) is 0 Å². The third kappa shape index (κ3) is 5.00. The van der Waals surface area contributed by atoms with Crippen LogP contribution in [-0.2, 0) is 9.53 Å². The molecule has 2 unspecified atom stereocenters. The van der Waals surface area contributed by atoms with Gasteiger partial charge < -0.3 is 20.1 Å². The number of carboxylic acid groups (broad SMARTS) is 1. The van der Waals surface area contributed by atoms with Crippen LogP contribution in [0.3, 0.4) is 0 Å². The fraction of sp³-hybridized carbons (Fsp3) is 0.857. The number of carboxylic acids is 1. The van der Waals surface area contributed by atoms with E-state index in [0.29, 0.717) is 38.6 Å². The number of hydrogen-bond acceptors (Lipinski definition) is 3. The Balaban J connectivity index is 2.42. The standard InChI is InChI=1S/C14H26N2O4/c1-3-11-6-8-16(12(10-11)13(17)18)14(19)15-7-5-9-20-4-2/h11-12H,3-10H2,1-2H3,(H,15,19)(H,17,18). The second-order valence-electron chi connectivity index (χ2n) is 5.13. The number of hydrogen-bond donors (Lipinski definition) is 2. The minimum absolute atomic E-state index is 0.275. The van der Waals surface area contributed by atoms with Gasteiger partial charge in [0.2, 0.25) is 0 Å². The summed E-state index contributed by atoms with van der Waals surface area (Å²) < 4.78 is 5.19. The number of nitrogens with one attached hydrogen (secondary N) is 1. The molecule has 0 saturated carbocycles. The minimum atomic E-state index is -0.910. The molecule has 2 atom stereocenters. The van der Waals surface area contributed by atoms with Gasteiger partial charge in [-0.25, -0.2) is 9.59 Å². The molecule has 1 aliphatic rings. The van der Waals surface area contributed by atoms with Crippen LogP contribution in [0.15, 0.2) is 0 Å². The second kappa shape index (κ2) is 8.79. The Morgan fingerprint density at radius 3 is 2.75 bits per heavy atom. The molecule has 1 heterocycles. The Morgan fingerprint density at radius 1 is 1.40 bits per heavy atom. The maximum Gasteiger partial charge on any atom is 0.326 e. The highest BCUT2D eigenvalue weighted by atomic mass is 16.5. The van der Waals surface area contributed by atoms with Gasteiger partial charge in [0.15, 0.2) is 0 Å². The van der Waals surface area contributed by atoms with Gasteiger partial charge in [0.05, 0.1) is 0 Å². The molecule has 0 bridgehead atoms. The average molecular weight is 286 g/mol. The number of ether oxygens (including phenoxy) is 1. The van der Waals surface area contributed by atoms with Crippen molar-refractivity contribution < 1.29 is 19.4 Å². The van der Waals surface area contributed by atoms with Crippen LogP contribution in [-0.4, -0.2) is 54.4 Å². The number of carbonyl (C=O) groups excluding carboxylic acids is 1. The van der Waals surface area contributed by atoms with Crippen molar-refractivity contribution in [3.63, 3.8) is 0 Å². The summed E-state index contributed by atoms with van der Waals surface area (Å²) in [5.74, 6) is -0.509.